The molecule has 1 aromatic rings. The van der Waals surface area contributed by atoms with Gasteiger partial charge in [-0.2, -0.15) is 4.31 Å². The highest BCUT2D eigenvalue weighted by Gasteiger charge is 2.31. The van der Waals surface area contributed by atoms with E-state index in [1.54, 1.807) is 6.08 Å². The summed E-state index contributed by atoms with van der Waals surface area (Å²) in [4.78, 5) is 0. The number of benzene rings is 1. The molecule has 0 bridgehead atoms. The predicted molar refractivity (Wildman–Crippen MR) is 63.9 cm³/mol. The molecule has 2 N–H and O–H groups in total. The molecular formula is C11H14N2O2S. The van der Waals surface area contributed by atoms with E-state index in [1.807, 2.05) is 30.3 Å². The fraction of sp³-hybridized carbons (Fsp3) is 0.273. The van der Waals surface area contributed by atoms with Gasteiger partial charge in [0.1, 0.15) is 0 Å². The predicted octanol–water partition coefficient (Wildman–Crippen LogP) is 0.630. The minimum Gasteiger partial charge on any atom is -0.325 e. The van der Waals surface area contributed by atoms with Crippen LogP contribution < -0.4 is 5.73 Å². The van der Waals surface area contributed by atoms with Gasteiger partial charge < -0.3 is 5.73 Å². The average Bonchev–Trinajstić information content (AvgIpc) is 2.24. The van der Waals surface area contributed by atoms with Gasteiger partial charge in [-0.25, -0.2) is 8.42 Å². The second-order valence-corrected chi connectivity index (χ2v) is 5.65. The maximum Gasteiger partial charge on any atom is 0.236 e. The Morgan fingerprint density at radius 3 is 2.44 bits per heavy atom. The summed E-state index contributed by atoms with van der Waals surface area (Å²) in [6.45, 7) is 0.836. The van der Waals surface area contributed by atoms with Gasteiger partial charge in [0.05, 0.1) is 0 Å². The summed E-state index contributed by atoms with van der Waals surface area (Å²) in [5.41, 5.74) is 6.41. The Morgan fingerprint density at radius 1 is 1.25 bits per heavy atom. The van der Waals surface area contributed by atoms with E-state index in [0.717, 1.165) is 5.56 Å². The van der Waals surface area contributed by atoms with E-state index in [1.165, 1.54) is 9.71 Å². The van der Waals surface area contributed by atoms with Crippen LogP contribution in [-0.4, -0.2) is 31.9 Å². The molecule has 5 heteroatoms. The fourth-order valence-electron chi connectivity index (χ4n) is 1.49. The normalized spacial score (nSPS) is 18.8. The lowest BCUT2D eigenvalue weighted by Gasteiger charge is -2.34. The van der Waals surface area contributed by atoms with Crippen molar-refractivity contribution in [3.8, 4) is 0 Å². The van der Waals surface area contributed by atoms with Gasteiger partial charge in [-0.05, 0) is 11.6 Å². The molecule has 0 aliphatic carbocycles. The topological polar surface area (TPSA) is 63.4 Å². The van der Waals surface area contributed by atoms with Crippen LogP contribution in [0.4, 0.5) is 0 Å². The standard InChI is InChI=1S/C11H14N2O2S/c12-11-8-13(9-11)16(14,15)7-6-10-4-2-1-3-5-10/h1-7,11H,8-9,12H2. The molecular weight excluding hydrogens is 224 g/mol. The van der Waals surface area contributed by atoms with Crippen LogP contribution in [0.2, 0.25) is 0 Å². The van der Waals surface area contributed by atoms with Crippen molar-refractivity contribution in [1.82, 2.24) is 4.31 Å². The van der Waals surface area contributed by atoms with Crippen LogP contribution in [0, 0.1) is 0 Å². The van der Waals surface area contributed by atoms with Crippen LogP contribution in [0.25, 0.3) is 6.08 Å². The number of rotatable bonds is 3. The van der Waals surface area contributed by atoms with Gasteiger partial charge in [0.25, 0.3) is 0 Å². The molecule has 1 saturated heterocycles. The molecule has 16 heavy (non-hydrogen) atoms. The summed E-state index contributed by atoms with van der Waals surface area (Å²) >= 11 is 0. The lowest BCUT2D eigenvalue weighted by atomic mass is 10.2. The zero-order chi connectivity index (χ0) is 11.6. The highest BCUT2D eigenvalue weighted by molar-refractivity contribution is 7.92. The summed E-state index contributed by atoms with van der Waals surface area (Å²) in [5.74, 6) is 0. The Morgan fingerprint density at radius 2 is 1.88 bits per heavy atom. The molecule has 0 saturated carbocycles. The molecule has 0 unspecified atom stereocenters. The van der Waals surface area contributed by atoms with Crippen molar-refractivity contribution in [2.24, 2.45) is 5.73 Å². The first-order valence-corrected chi connectivity index (χ1v) is 6.57. The maximum atomic E-state index is 11.7. The molecule has 1 fully saturated rings. The van der Waals surface area contributed by atoms with E-state index in [0.29, 0.717) is 13.1 Å². The monoisotopic (exact) mass is 238 g/mol. The first kappa shape index (κ1) is 11.3. The lowest BCUT2D eigenvalue weighted by Crippen LogP contribution is -2.57. The molecule has 0 atom stereocenters. The van der Waals surface area contributed by atoms with E-state index in [-0.39, 0.29) is 6.04 Å². The third-order valence-electron chi connectivity index (χ3n) is 2.47. The quantitative estimate of drug-likeness (QED) is 0.840. The summed E-state index contributed by atoms with van der Waals surface area (Å²) in [7, 11) is -3.28. The second kappa shape index (κ2) is 4.37. The van der Waals surface area contributed by atoms with Crippen molar-refractivity contribution < 1.29 is 8.42 Å². The molecule has 1 aliphatic heterocycles. The molecule has 0 radical (unpaired) electrons. The van der Waals surface area contributed by atoms with Crippen molar-refractivity contribution in [2.45, 2.75) is 6.04 Å². The smallest absolute Gasteiger partial charge is 0.236 e. The lowest BCUT2D eigenvalue weighted by molar-refractivity contribution is 0.269. The number of hydrogen-bond acceptors (Lipinski definition) is 3. The van der Waals surface area contributed by atoms with Crippen LogP contribution in [-0.2, 0) is 10.0 Å². The number of nitrogens with zero attached hydrogens (tertiary/aromatic N) is 1. The van der Waals surface area contributed by atoms with Gasteiger partial charge in [0.15, 0.2) is 0 Å². The zero-order valence-electron chi connectivity index (χ0n) is 8.78. The van der Waals surface area contributed by atoms with Gasteiger partial charge in [-0.3, -0.25) is 0 Å². The van der Waals surface area contributed by atoms with E-state index >= 15 is 0 Å². The maximum absolute atomic E-state index is 11.7. The third-order valence-corrected chi connectivity index (χ3v) is 3.97. The first-order valence-electron chi connectivity index (χ1n) is 5.07. The molecule has 1 heterocycles. The van der Waals surface area contributed by atoms with Crippen LogP contribution in [0.15, 0.2) is 35.7 Å². The van der Waals surface area contributed by atoms with Crippen molar-refractivity contribution in [1.29, 1.82) is 0 Å². The van der Waals surface area contributed by atoms with E-state index in [2.05, 4.69) is 0 Å². The summed E-state index contributed by atoms with van der Waals surface area (Å²) < 4.78 is 24.8. The second-order valence-electron chi connectivity index (χ2n) is 3.84. The summed E-state index contributed by atoms with van der Waals surface area (Å²) in [6.07, 6.45) is 1.60. The van der Waals surface area contributed by atoms with Gasteiger partial charge in [-0.1, -0.05) is 30.3 Å². The number of nitrogens with two attached hydrogens (primary N) is 1. The molecule has 86 valence electrons. The van der Waals surface area contributed by atoms with Crippen LogP contribution in [0.5, 0.6) is 0 Å². The Balaban J connectivity index is 2.07. The molecule has 0 spiro atoms. The van der Waals surface area contributed by atoms with E-state index in [9.17, 15) is 8.42 Å². The molecule has 0 amide bonds. The van der Waals surface area contributed by atoms with Gasteiger partial charge in [0, 0.05) is 24.5 Å². The Kier molecular flexibility index (Phi) is 3.09. The fourth-order valence-corrected chi connectivity index (χ4v) is 2.79. The van der Waals surface area contributed by atoms with Gasteiger partial charge in [-0.15, -0.1) is 0 Å². The zero-order valence-corrected chi connectivity index (χ0v) is 9.60. The van der Waals surface area contributed by atoms with Crippen molar-refractivity contribution in [3.63, 3.8) is 0 Å². The van der Waals surface area contributed by atoms with Crippen LogP contribution >= 0.6 is 0 Å². The molecule has 0 aromatic heterocycles. The molecule has 2 rings (SSSR count). The average molecular weight is 238 g/mol. The van der Waals surface area contributed by atoms with Crippen molar-refractivity contribution >= 4 is 16.1 Å². The minimum atomic E-state index is -3.28. The van der Waals surface area contributed by atoms with Crippen LogP contribution in [0.1, 0.15) is 5.56 Å². The Labute approximate surface area is 95.4 Å². The largest absolute Gasteiger partial charge is 0.325 e. The summed E-state index contributed by atoms with van der Waals surface area (Å²) in [6, 6.07) is 9.32. The molecule has 4 nitrogen and oxygen atoms in total. The highest BCUT2D eigenvalue weighted by Crippen LogP contribution is 2.14. The Hall–Kier alpha value is -1.17. The minimum absolute atomic E-state index is 0.0140. The highest BCUT2D eigenvalue weighted by atomic mass is 32.2. The SMILES string of the molecule is NC1CN(S(=O)(=O)C=Cc2ccccc2)C1. The van der Waals surface area contributed by atoms with Gasteiger partial charge >= 0.3 is 0 Å². The molecule has 1 aromatic carbocycles. The van der Waals surface area contributed by atoms with Crippen molar-refractivity contribution in [2.75, 3.05) is 13.1 Å². The Bertz CT molecular complexity index is 476. The number of hydrogen-bond donors (Lipinski definition) is 1. The molecule has 1 aliphatic rings. The van der Waals surface area contributed by atoms with Crippen molar-refractivity contribution in [3.05, 3.63) is 41.3 Å². The first-order chi connectivity index (χ1) is 7.58. The van der Waals surface area contributed by atoms with Crippen LogP contribution in [0.3, 0.4) is 0 Å². The third kappa shape index (κ3) is 2.49. The van der Waals surface area contributed by atoms with Gasteiger partial charge in [0.2, 0.25) is 10.0 Å². The summed E-state index contributed by atoms with van der Waals surface area (Å²) in [5, 5.41) is 1.23. The van der Waals surface area contributed by atoms with E-state index < -0.39 is 10.0 Å². The van der Waals surface area contributed by atoms with E-state index in [4.69, 9.17) is 5.73 Å². The number of sulfonamides is 1.